The van der Waals surface area contributed by atoms with Crippen LogP contribution in [0.25, 0.3) is 0 Å². The van der Waals surface area contributed by atoms with Crippen LogP contribution in [-0.2, 0) is 6.54 Å². The number of para-hydroxylation sites is 1. The first kappa shape index (κ1) is 18.2. The highest BCUT2D eigenvalue weighted by molar-refractivity contribution is 5.75. The lowest BCUT2D eigenvalue weighted by Crippen LogP contribution is -2.18. The van der Waals surface area contributed by atoms with Gasteiger partial charge < -0.3 is 19.5 Å². The molecule has 1 aliphatic rings. The van der Waals surface area contributed by atoms with Crippen molar-refractivity contribution < 1.29 is 14.6 Å². The number of phenolic OH excluding ortho intramolecular Hbond substituents is 1. The highest BCUT2D eigenvalue weighted by Gasteiger charge is 2.26. The summed E-state index contributed by atoms with van der Waals surface area (Å²) in [7, 11) is 1.55. The summed E-state index contributed by atoms with van der Waals surface area (Å²) in [5, 5.41) is 10.3. The number of rotatable bonds is 8. The van der Waals surface area contributed by atoms with Crippen LogP contribution in [0.3, 0.4) is 0 Å². The van der Waals surface area contributed by atoms with E-state index in [2.05, 4.69) is 22.0 Å². The fourth-order valence-electron chi connectivity index (χ4n) is 3.17. The van der Waals surface area contributed by atoms with Gasteiger partial charge in [0.2, 0.25) is 5.75 Å². The van der Waals surface area contributed by atoms with Crippen molar-refractivity contribution in [3.8, 4) is 17.2 Å². The van der Waals surface area contributed by atoms with Crippen molar-refractivity contribution in [1.82, 2.24) is 4.98 Å². The smallest absolute Gasteiger partial charge is 0.205 e. The van der Waals surface area contributed by atoms with Gasteiger partial charge >= 0.3 is 0 Å². The minimum atomic E-state index is 0.0754. The molecule has 1 aromatic heterocycles. The first-order chi connectivity index (χ1) is 13.8. The summed E-state index contributed by atoms with van der Waals surface area (Å²) in [5.41, 5.74) is 2.95. The van der Waals surface area contributed by atoms with E-state index in [0.717, 1.165) is 16.9 Å². The van der Waals surface area contributed by atoms with Gasteiger partial charge in [-0.3, -0.25) is 4.98 Å². The standard InChI is InChI=1S/C23H24N2O3/c1-27-23-21(26)12-11-20(22(23)28-16-17-9-10-17)25(19-7-3-2-4-8-19)15-18-6-5-13-24-14-18/h2-8,11-14,17,26H,9-10,15-16H2,1H3. The summed E-state index contributed by atoms with van der Waals surface area (Å²) in [4.78, 5) is 6.39. The van der Waals surface area contributed by atoms with E-state index in [0.29, 0.717) is 30.6 Å². The fraction of sp³-hybridized carbons (Fsp3) is 0.261. The number of phenols is 1. The zero-order valence-electron chi connectivity index (χ0n) is 15.9. The van der Waals surface area contributed by atoms with Crippen LogP contribution in [0.5, 0.6) is 17.2 Å². The predicted molar refractivity (Wildman–Crippen MR) is 109 cm³/mol. The van der Waals surface area contributed by atoms with Gasteiger partial charge in [0, 0.05) is 24.6 Å². The maximum absolute atomic E-state index is 10.3. The van der Waals surface area contributed by atoms with Gasteiger partial charge in [-0.15, -0.1) is 0 Å². The zero-order valence-corrected chi connectivity index (χ0v) is 15.9. The quantitative estimate of drug-likeness (QED) is 0.604. The molecule has 144 valence electrons. The van der Waals surface area contributed by atoms with Crippen molar-refractivity contribution in [1.29, 1.82) is 0 Å². The van der Waals surface area contributed by atoms with Crippen LogP contribution in [0.15, 0.2) is 67.0 Å². The number of aromatic nitrogens is 1. The molecule has 5 nitrogen and oxygen atoms in total. The topological polar surface area (TPSA) is 54.8 Å². The van der Waals surface area contributed by atoms with Gasteiger partial charge in [-0.05, 0) is 54.7 Å². The highest BCUT2D eigenvalue weighted by Crippen LogP contribution is 2.47. The van der Waals surface area contributed by atoms with Gasteiger partial charge in [-0.2, -0.15) is 0 Å². The van der Waals surface area contributed by atoms with Crippen molar-refractivity contribution in [2.75, 3.05) is 18.6 Å². The van der Waals surface area contributed by atoms with Crippen molar-refractivity contribution in [2.45, 2.75) is 19.4 Å². The minimum absolute atomic E-state index is 0.0754. The first-order valence-electron chi connectivity index (χ1n) is 9.50. The third-order valence-corrected chi connectivity index (χ3v) is 4.86. The lowest BCUT2D eigenvalue weighted by molar-refractivity contribution is 0.275. The summed E-state index contributed by atoms with van der Waals surface area (Å²) >= 11 is 0. The molecule has 4 rings (SSSR count). The first-order valence-corrected chi connectivity index (χ1v) is 9.50. The highest BCUT2D eigenvalue weighted by atomic mass is 16.5. The van der Waals surface area contributed by atoms with E-state index in [9.17, 15) is 5.11 Å². The third kappa shape index (κ3) is 4.03. The Bertz CT molecular complexity index is 912. The molecule has 0 radical (unpaired) electrons. The number of aromatic hydroxyl groups is 1. The molecule has 1 fully saturated rings. The molecule has 2 aromatic carbocycles. The summed E-state index contributed by atoms with van der Waals surface area (Å²) in [6.07, 6.45) is 6.01. The Morgan fingerprint density at radius 1 is 1.04 bits per heavy atom. The number of hydrogen-bond donors (Lipinski definition) is 1. The molecule has 0 spiro atoms. The maximum atomic E-state index is 10.3. The van der Waals surface area contributed by atoms with Crippen LogP contribution in [0.1, 0.15) is 18.4 Å². The number of anilines is 2. The maximum Gasteiger partial charge on any atom is 0.205 e. The van der Waals surface area contributed by atoms with Crippen molar-refractivity contribution in [3.05, 3.63) is 72.6 Å². The molecule has 0 atom stereocenters. The number of pyridine rings is 1. The second-order valence-electron chi connectivity index (χ2n) is 7.00. The molecule has 5 heteroatoms. The summed E-state index contributed by atoms with van der Waals surface area (Å²) < 4.78 is 11.7. The number of nitrogens with zero attached hydrogens (tertiary/aromatic N) is 2. The molecule has 0 saturated heterocycles. The molecule has 1 saturated carbocycles. The largest absolute Gasteiger partial charge is 0.504 e. The molecule has 0 unspecified atom stereocenters. The van der Waals surface area contributed by atoms with Gasteiger partial charge in [0.05, 0.1) is 19.4 Å². The van der Waals surface area contributed by atoms with Crippen LogP contribution < -0.4 is 14.4 Å². The van der Waals surface area contributed by atoms with E-state index < -0.39 is 0 Å². The molecule has 0 amide bonds. The van der Waals surface area contributed by atoms with E-state index in [1.807, 2.05) is 42.6 Å². The van der Waals surface area contributed by atoms with Crippen molar-refractivity contribution in [3.63, 3.8) is 0 Å². The Kier molecular flexibility index (Phi) is 5.33. The Balaban J connectivity index is 1.78. The molecule has 3 aromatic rings. The van der Waals surface area contributed by atoms with Gasteiger partial charge in [0.25, 0.3) is 0 Å². The zero-order chi connectivity index (χ0) is 19.3. The Morgan fingerprint density at radius 3 is 2.54 bits per heavy atom. The fourth-order valence-corrected chi connectivity index (χ4v) is 3.17. The molecule has 0 aliphatic heterocycles. The minimum Gasteiger partial charge on any atom is -0.504 e. The SMILES string of the molecule is COc1c(O)ccc(N(Cc2cccnc2)c2ccccc2)c1OCC1CC1. The summed E-state index contributed by atoms with van der Waals surface area (Å²) in [6, 6.07) is 17.6. The lowest BCUT2D eigenvalue weighted by Gasteiger charge is -2.28. The van der Waals surface area contributed by atoms with Gasteiger partial charge in [-0.25, -0.2) is 0 Å². The molecular formula is C23H24N2O3. The summed E-state index contributed by atoms with van der Waals surface area (Å²) in [5.74, 6) is 1.60. The van der Waals surface area contributed by atoms with Crippen molar-refractivity contribution >= 4 is 11.4 Å². The second-order valence-corrected chi connectivity index (χ2v) is 7.00. The molecular weight excluding hydrogens is 352 g/mol. The normalized spacial score (nSPS) is 13.2. The Morgan fingerprint density at radius 2 is 1.86 bits per heavy atom. The van der Waals surface area contributed by atoms with E-state index >= 15 is 0 Å². The summed E-state index contributed by atoms with van der Waals surface area (Å²) in [6.45, 7) is 1.24. The number of hydrogen-bond acceptors (Lipinski definition) is 5. The number of methoxy groups -OCH3 is 1. The van der Waals surface area contributed by atoms with E-state index in [1.165, 1.54) is 12.8 Å². The average Bonchev–Trinajstić information content (AvgIpc) is 3.57. The lowest BCUT2D eigenvalue weighted by atomic mass is 10.1. The van der Waals surface area contributed by atoms with Crippen LogP contribution in [0.2, 0.25) is 0 Å². The molecule has 1 heterocycles. The van der Waals surface area contributed by atoms with Gasteiger partial charge in [-0.1, -0.05) is 24.3 Å². The Hall–Kier alpha value is -3.21. The van der Waals surface area contributed by atoms with Crippen LogP contribution in [0, 0.1) is 5.92 Å². The van der Waals surface area contributed by atoms with E-state index in [-0.39, 0.29) is 5.75 Å². The Labute approximate surface area is 165 Å². The van der Waals surface area contributed by atoms with Gasteiger partial charge in [0.15, 0.2) is 11.5 Å². The molecule has 28 heavy (non-hydrogen) atoms. The van der Waals surface area contributed by atoms with Crippen molar-refractivity contribution in [2.24, 2.45) is 5.92 Å². The average molecular weight is 376 g/mol. The molecule has 1 aliphatic carbocycles. The van der Waals surface area contributed by atoms with Crippen LogP contribution in [-0.4, -0.2) is 23.8 Å². The third-order valence-electron chi connectivity index (χ3n) is 4.86. The molecule has 0 bridgehead atoms. The van der Waals surface area contributed by atoms with Crippen LogP contribution in [0.4, 0.5) is 11.4 Å². The number of benzene rings is 2. The second kappa shape index (κ2) is 8.21. The van der Waals surface area contributed by atoms with Gasteiger partial charge in [0.1, 0.15) is 0 Å². The van der Waals surface area contributed by atoms with E-state index in [1.54, 1.807) is 19.4 Å². The van der Waals surface area contributed by atoms with E-state index in [4.69, 9.17) is 9.47 Å². The number of ether oxygens (including phenoxy) is 2. The molecule has 1 N–H and O–H groups in total. The monoisotopic (exact) mass is 376 g/mol. The van der Waals surface area contributed by atoms with Crippen LogP contribution >= 0.6 is 0 Å². The predicted octanol–water partition coefficient (Wildman–Crippen LogP) is 4.92.